The average molecular weight is 267 g/mol. The topological polar surface area (TPSA) is 25.4 Å². The first-order chi connectivity index (χ1) is 8.62. The molecule has 1 aliphatic heterocycles. The molecule has 0 unspecified atom stereocenters. The Morgan fingerprint density at radius 3 is 2.72 bits per heavy atom. The third kappa shape index (κ3) is 1.85. The van der Waals surface area contributed by atoms with Crippen molar-refractivity contribution in [3.05, 3.63) is 28.5 Å². The number of nitrogens with zero attached hydrogens (tertiary/aromatic N) is 2. The number of hydrogen-bond acceptors (Lipinski definition) is 3. The smallest absolute Gasteiger partial charge is 0.129 e. The fourth-order valence-corrected chi connectivity index (χ4v) is 3.55. The molecule has 0 radical (unpaired) electrons. The molecule has 2 heterocycles. The zero-order chi connectivity index (χ0) is 12.8. The number of aromatic nitrogens is 1. The van der Waals surface area contributed by atoms with E-state index in [-0.39, 0.29) is 5.41 Å². The molecule has 0 amide bonds. The van der Waals surface area contributed by atoms with E-state index in [9.17, 15) is 0 Å². The minimum Gasteiger partial charge on any atom is -0.381 e. The van der Waals surface area contributed by atoms with Crippen LogP contribution >= 0.6 is 11.6 Å². The maximum Gasteiger partial charge on any atom is 0.129 e. The van der Waals surface area contributed by atoms with Crippen LogP contribution in [0.1, 0.15) is 36.6 Å². The van der Waals surface area contributed by atoms with Crippen molar-refractivity contribution < 1.29 is 4.74 Å². The highest BCUT2D eigenvalue weighted by atomic mass is 35.5. The Bertz CT molecular complexity index is 455. The van der Waals surface area contributed by atoms with Gasteiger partial charge in [0.25, 0.3) is 0 Å². The summed E-state index contributed by atoms with van der Waals surface area (Å²) in [6.45, 7) is 1.73. The molecule has 1 fully saturated rings. The Kier molecular flexibility index (Phi) is 3.08. The molecule has 0 aromatic carbocycles. The molecule has 1 spiro atoms. The van der Waals surface area contributed by atoms with Gasteiger partial charge in [0, 0.05) is 18.6 Å². The summed E-state index contributed by atoms with van der Waals surface area (Å²) < 4.78 is 5.53. The summed E-state index contributed by atoms with van der Waals surface area (Å²) in [5.74, 6) is 0. The predicted molar refractivity (Wildman–Crippen MR) is 72.0 cm³/mol. The number of ether oxygens (including phenoxy) is 1. The first-order valence-corrected chi connectivity index (χ1v) is 6.91. The van der Waals surface area contributed by atoms with Crippen LogP contribution in [0.15, 0.2) is 12.1 Å². The van der Waals surface area contributed by atoms with Crippen molar-refractivity contribution in [3.63, 3.8) is 0 Å². The Labute approximate surface area is 113 Å². The van der Waals surface area contributed by atoms with Gasteiger partial charge in [0.2, 0.25) is 0 Å². The van der Waals surface area contributed by atoms with Crippen LogP contribution in [-0.4, -0.2) is 37.2 Å². The SMILES string of the molecule is CN(C)[C@@H]1CC2(CCOCC2)c2ccc(Cl)nc21. The van der Waals surface area contributed by atoms with Crippen LogP contribution in [0.4, 0.5) is 0 Å². The van der Waals surface area contributed by atoms with E-state index in [2.05, 4.69) is 30.0 Å². The monoisotopic (exact) mass is 266 g/mol. The Balaban J connectivity index is 2.07. The number of pyridine rings is 1. The lowest BCUT2D eigenvalue weighted by atomic mass is 9.75. The van der Waals surface area contributed by atoms with Crippen LogP contribution < -0.4 is 0 Å². The van der Waals surface area contributed by atoms with Crippen LogP contribution in [0.25, 0.3) is 0 Å². The number of halogens is 1. The first kappa shape index (κ1) is 12.4. The van der Waals surface area contributed by atoms with Gasteiger partial charge in [-0.15, -0.1) is 0 Å². The zero-order valence-electron chi connectivity index (χ0n) is 10.9. The van der Waals surface area contributed by atoms with Crippen molar-refractivity contribution in [2.45, 2.75) is 30.7 Å². The van der Waals surface area contributed by atoms with Gasteiger partial charge in [-0.3, -0.25) is 0 Å². The molecule has 0 saturated carbocycles. The molecule has 1 saturated heterocycles. The van der Waals surface area contributed by atoms with E-state index in [4.69, 9.17) is 16.3 Å². The molecular formula is C14H19ClN2O. The van der Waals surface area contributed by atoms with E-state index < -0.39 is 0 Å². The normalized spacial score (nSPS) is 25.7. The van der Waals surface area contributed by atoms with Crippen molar-refractivity contribution in [2.75, 3.05) is 27.3 Å². The molecule has 98 valence electrons. The Hall–Kier alpha value is -0.640. The van der Waals surface area contributed by atoms with Crippen molar-refractivity contribution in [3.8, 4) is 0 Å². The van der Waals surface area contributed by atoms with E-state index in [1.165, 1.54) is 11.3 Å². The summed E-state index contributed by atoms with van der Waals surface area (Å²) in [6.07, 6.45) is 3.35. The predicted octanol–water partition coefficient (Wildman–Crippen LogP) is 2.79. The molecule has 1 aromatic rings. The maximum absolute atomic E-state index is 6.07. The lowest BCUT2D eigenvalue weighted by molar-refractivity contribution is 0.0443. The van der Waals surface area contributed by atoms with Crippen LogP contribution in [0, 0.1) is 0 Å². The van der Waals surface area contributed by atoms with Crippen LogP contribution in [0.2, 0.25) is 5.15 Å². The molecule has 0 N–H and O–H groups in total. The van der Waals surface area contributed by atoms with Crippen LogP contribution in [0.5, 0.6) is 0 Å². The van der Waals surface area contributed by atoms with Crippen molar-refractivity contribution in [1.29, 1.82) is 0 Å². The van der Waals surface area contributed by atoms with E-state index in [0.29, 0.717) is 11.2 Å². The van der Waals surface area contributed by atoms with Crippen molar-refractivity contribution >= 4 is 11.6 Å². The van der Waals surface area contributed by atoms with Gasteiger partial charge < -0.3 is 9.64 Å². The summed E-state index contributed by atoms with van der Waals surface area (Å²) in [6, 6.07) is 4.49. The quantitative estimate of drug-likeness (QED) is 0.731. The molecule has 1 aromatic heterocycles. The molecule has 1 aliphatic carbocycles. The van der Waals surface area contributed by atoms with Gasteiger partial charge in [-0.05, 0) is 45.0 Å². The van der Waals surface area contributed by atoms with Gasteiger partial charge >= 0.3 is 0 Å². The third-order valence-electron chi connectivity index (χ3n) is 4.44. The maximum atomic E-state index is 6.07. The summed E-state index contributed by atoms with van der Waals surface area (Å²) in [4.78, 5) is 6.85. The lowest BCUT2D eigenvalue weighted by Gasteiger charge is -2.35. The van der Waals surface area contributed by atoms with Gasteiger partial charge in [0.05, 0.1) is 11.7 Å². The number of rotatable bonds is 1. The van der Waals surface area contributed by atoms with Gasteiger partial charge in [-0.2, -0.15) is 0 Å². The van der Waals surface area contributed by atoms with E-state index in [0.717, 1.165) is 32.5 Å². The minimum absolute atomic E-state index is 0.264. The molecule has 0 bridgehead atoms. The fourth-order valence-electron chi connectivity index (χ4n) is 3.39. The third-order valence-corrected chi connectivity index (χ3v) is 4.65. The second-order valence-electron chi connectivity index (χ2n) is 5.64. The van der Waals surface area contributed by atoms with E-state index in [1.807, 2.05) is 6.07 Å². The molecule has 3 nitrogen and oxygen atoms in total. The number of hydrogen-bond donors (Lipinski definition) is 0. The highest BCUT2D eigenvalue weighted by molar-refractivity contribution is 6.29. The van der Waals surface area contributed by atoms with Gasteiger partial charge in [0.15, 0.2) is 0 Å². The second kappa shape index (κ2) is 4.48. The molecule has 2 aliphatic rings. The van der Waals surface area contributed by atoms with Gasteiger partial charge in [-0.1, -0.05) is 17.7 Å². The average Bonchev–Trinajstić information content (AvgIpc) is 2.65. The summed E-state index contributed by atoms with van der Waals surface area (Å²) in [7, 11) is 4.24. The Morgan fingerprint density at radius 1 is 1.33 bits per heavy atom. The standard InChI is InChI=1S/C14H19ClN2O/c1-17(2)11-9-14(5-7-18-8-6-14)10-3-4-12(15)16-13(10)11/h3-4,11H,5-9H2,1-2H3/t11-/m1/s1. The summed E-state index contributed by atoms with van der Waals surface area (Å²) in [5, 5.41) is 0.602. The van der Waals surface area contributed by atoms with Crippen LogP contribution in [0.3, 0.4) is 0 Å². The molecule has 4 heteroatoms. The number of fused-ring (bicyclic) bond motifs is 2. The van der Waals surface area contributed by atoms with E-state index in [1.54, 1.807) is 0 Å². The van der Waals surface area contributed by atoms with Gasteiger partial charge in [0.1, 0.15) is 5.15 Å². The largest absolute Gasteiger partial charge is 0.381 e. The molecule has 18 heavy (non-hydrogen) atoms. The van der Waals surface area contributed by atoms with Gasteiger partial charge in [-0.25, -0.2) is 4.98 Å². The summed E-state index contributed by atoms with van der Waals surface area (Å²) >= 11 is 6.07. The minimum atomic E-state index is 0.264. The summed E-state index contributed by atoms with van der Waals surface area (Å²) in [5.41, 5.74) is 2.84. The molecule has 3 rings (SSSR count). The lowest BCUT2D eigenvalue weighted by Crippen LogP contribution is -2.32. The molecular weight excluding hydrogens is 248 g/mol. The fraction of sp³-hybridized carbons (Fsp3) is 0.643. The van der Waals surface area contributed by atoms with Crippen molar-refractivity contribution in [2.24, 2.45) is 0 Å². The highest BCUT2D eigenvalue weighted by Crippen LogP contribution is 2.51. The zero-order valence-corrected chi connectivity index (χ0v) is 11.7. The second-order valence-corrected chi connectivity index (χ2v) is 6.03. The highest BCUT2D eigenvalue weighted by Gasteiger charge is 2.46. The van der Waals surface area contributed by atoms with Crippen molar-refractivity contribution in [1.82, 2.24) is 9.88 Å². The van der Waals surface area contributed by atoms with Crippen LogP contribution in [-0.2, 0) is 10.2 Å². The first-order valence-electron chi connectivity index (χ1n) is 6.53. The van der Waals surface area contributed by atoms with E-state index >= 15 is 0 Å². The molecule has 1 atom stereocenters. The Morgan fingerprint density at radius 2 is 2.06 bits per heavy atom.